The second-order valence-electron chi connectivity index (χ2n) is 6.48. The Kier molecular flexibility index (Phi) is 5.06. The van der Waals surface area contributed by atoms with Gasteiger partial charge in [-0.2, -0.15) is 0 Å². The molecule has 1 aromatic carbocycles. The molecule has 1 heterocycles. The normalized spacial score (nSPS) is 19.4. The van der Waals surface area contributed by atoms with Gasteiger partial charge in [0.1, 0.15) is 0 Å². The van der Waals surface area contributed by atoms with Gasteiger partial charge >= 0.3 is 7.12 Å². The van der Waals surface area contributed by atoms with E-state index in [-0.39, 0.29) is 11.3 Å². The third kappa shape index (κ3) is 3.11. The Morgan fingerprint density at radius 1 is 1.00 bits per heavy atom. The van der Waals surface area contributed by atoms with E-state index in [9.17, 15) is 4.39 Å². The number of ether oxygens (including phenoxy) is 3. The van der Waals surface area contributed by atoms with Crippen LogP contribution in [-0.4, -0.2) is 39.6 Å². The molecule has 0 spiro atoms. The van der Waals surface area contributed by atoms with Gasteiger partial charge in [0.15, 0.2) is 17.9 Å². The molecule has 1 fully saturated rings. The monoisotopic (exact) mass is 326 g/mol. The lowest BCUT2D eigenvalue weighted by Crippen LogP contribution is -2.41. The maximum Gasteiger partial charge on any atom is 0.495 e. The highest BCUT2D eigenvalue weighted by atomic mass is 19.1. The molecule has 5 nitrogen and oxygen atoms in total. The Morgan fingerprint density at radius 3 is 1.96 bits per heavy atom. The Bertz CT molecular complexity index is 556. The Balaban J connectivity index is 2.53. The molecule has 128 valence electrons. The third-order valence-electron chi connectivity index (χ3n) is 4.57. The average Bonchev–Trinajstić information content (AvgIpc) is 2.70. The second-order valence-corrected chi connectivity index (χ2v) is 6.48. The molecule has 23 heavy (non-hydrogen) atoms. The topological polar surface area (TPSA) is 46.2 Å². The van der Waals surface area contributed by atoms with E-state index < -0.39 is 30.4 Å². The molecule has 0 saturated carbocycles. The maximum absolute atomic E-state index is 14.8. The molecule has 0 aliphatic carbocycles. The standard InChI is InChI=1S/C16H24BFO5/c1-15(2)16(3,4)23-17(22-15)10-8-9-11(19-5)13(18)12(10)14(20-6)21-7/h8-9,14H,1-7H3. The Morgan fingerprint density at radius 2 is 1.52 bits per heavy atom. The van der Waals surface area contributed by atoms with Crippen LogP contribution in [0.1, 0.15) is 39.5 Å². The number of hydrogen-bond donors (Lipinski definition) is 0. The fraction of sp³-hybridized carbons (Fsp3) is 0.625. The van der Waals surface area contributed by atoms with Gasteiger partial charge in [0, 0.05) is 19.8 Å². The molecule has 0 aromatic heterocycles. The van der Waals surface area contributed by atoms with Crippen molar-refractivity contribution in [3.05, 3.63) is 23.5 Å². The summed E-state index contributed by atoms with van der Waals surface area (Å²) in [5, 5.41) is 0. The summed E-state index contributed by atoms with van der Waals surface area (Å²) in [6, 6.07) is 3.26. The van der Waals surface area contributed by atoms with Crippen LogP contribution in [0, 0.1) is 5.82 Å². The van der Waals surface area contributed by atoms with Crippen LogP contribution >= 0.6 is 0 Å². The van der Waals surface area contributed by atoms with Crippen molar-refractivity contribution in [2.24, 2.45) is 0 Å². The van der Waals surface area contributed by atoms with Crippen LogP contribution in [0.3, 0.4) is 0 Å². The van der Waals surface area contributed by atoms with E-state index in [0.717, 1.165) is 0 Å². The molecule has 0 unspecified atom stereocenters. The van der Waals surface area contributed by atoms with E-state index >= 15 is 0 Å². The predicted octanol–water partition coefficient (Wildman–Crippen LogP) is 2.42. The molecule has 0 bridgehead atoms. The summed E-state index contributed by atoms with van der Waals surface area (Å²) in [5.74, 6) is -0.437. The first kappa shape index (κ1) is 18.2. The maximum atomic E-state index is 14.8. The SMILES string of the molecule is COc1ccc(B2OC(C)(C)C(C)(C)O2)c(C(OC)OC)c1F. The van der Waals surface area contributed by atoms with E-state index in [2.05, 4.69) is 0 Å². The van der Waals surface area contributed by atoms with Crippen molar-refractivity contribution >= 4 is 12.6 Å². The largest absolute Gasteiger partial charge is 0.495 e. The minimum Gasteiger partial charge on any atom is -0.494 e. The van der Waals surface area contributed by atoms with Crippen LogP contribution in [0.15, 0.2) is 12.1 Å². The summed E-state index contributed by atoms with van der Waals surface area (Å²) in [6.45, 7) is 7.76. The second kappa shape index (κ2) is 6.40. The molecular formula is C16H24BFO5. The van der Waals surface area contributed by atoms with Gasteiger partial charge < -0.3 is 23.5 Å². The molecule has 2 rings (SSSR count). The van der Waals surface area contributed by atoms with Gasteiger partial charge in [-0.25, -0.2) is 4.39 Å². The first-order valence-electron chi connectivity index (χ1n) is 7.46. The predicted molar refractivity (Wildman–Crippen MR) is 85.4 cm³/mol. The van der Waals surface area contributed by atoms with Crippen molar-refractivity contribution in [2.45, 2.75) is 45.2 Å². The summed E-state index contributed by atoms with van der Waals surface area (Å²) in [4.78, 5) is 0. The molecule has 0 N–H and O–H groups in total. The number of hydrogen-bond acceptors (Lipinski definition) is 5. The van der Waals surface area contributed by atoms with Gasteiger partial charge in [0.25, 0.3) is 0 Å². The van der Waals surface area contributed by atoms with E-state index in [1.807, 2.05) is 27.7 Å². The third-order valence-corrected chi connectivity index (χ3v) is 4.57. The number of halogens is 1. The zero-order chi connectivity index (χ0) is 17.4. The number of methoxy groups -OCH3 is 3. The smallest absolute Gasteiger partial charge is 0.494 e. The van der Waals surface area contributed by atoms with Crippen LogP contribution in [0.5, 0.6) is 5.75 Å². The first-order chi connectivity index (χ1) is 10.7. The molecule has 7 heteroatoms. The molecule has 1 aliphatic heterocycles. The average molecular weight is 326 g/mol. The summed E-state index contributed by atoms with van der Waals surface area (Å²) in [5.41, 5.74) is -0.314. The van der Waals surface area contributed by atoms with Crippen molar-refractivity contribution in [3.63, 3.8) is 0 Å². The van der Waals surface area contributed by atoms with Crippen LogP contribution in [-0.2, 0) is 18.8 Å². The Labute approximate surface area is 137 Å². The van der Waals surface area contributed by atoms with Crippen molar-refractivity contribution in [3.8, 4) is 5.75 Å². The summed E-state index contributed by atoms with van der Waals surface area (Å²) in [6.07, 6.45) is -0.890. The summed E-state index contributed by atoms with van der Waals surface area (Å²) < 4.78 is 42.4. The first-order valence-corrected chi connectivity index (χ1v) is 7.46. The summed E-state index contributed by atoms with van der Waals surface area (Å²) >= 11 is 0. The number of rotatable bonds is 5. The molecule has 0 radical (unpaired) electrons. The van der Waals surface area contributed by atoms with Crippen LogP contribution < -0.4 is 10.2 Å². The quantitative estimate of drug-likeness (QED) is 0.614. The minimum atomic E-state index is -0.890. The van der Waals surface area contributed by atoms with Crippen molar-refractivity contribution < 1.29 is 27.9 Å². The fourth-order valence-electron chi connectivity index (χ4n) is 2.49. The van der Waals surface area contributed by atoms with Crippen molar-refractivity contribution in [2.75, 3.05) is 21.3 Å². The van der Waals surface area contributed by atoms with E-state index in [4.69, 9.17) is 23.5 Å². The molecule has 1 aliphatic rings. The van der Waals surface area contributed by atoms with Gasteiger partial charge in [-0.1, -0.05) is 6.07 Å². The fourth-order valence-corrected chi connectivity index (χ4v) is 2.49. The number of benzene rings is 1. The van der Waals surface area contributed by atoms with Crippen molar-refractivity contribution in [1.29, 1.82) is 0 Å². The lowest BCUT2D eigenvalue weighted by atomic mass is 9.75. The molecular weight excluding hydrogens is 302 g/mol. The lowest BCUT2D eigenvalue weighted by Gasteiger charge is -2.32. The van der Waals surface area contributed by atoms with Gasteiger partial charge in [-0.15, -0.1) is 0 Å². The van der Waals surface area contributed by atoms with Crippen molar-refractivity contribution in [1.82, 2.24) is 0 Å². The zero-order valence-corrected chi connectivity index (χ0v) is 14.7. The van der Waals surface area contributed by atoms with Crippen LogP contribution in [0.4, 0.5) is 4.39 Å². The minimum absolute atomic E-state index is 0.111. The van der Waals surface area contributed by atoms with Gasteiger partial charge in [-0.3, -0.25) is 0 Å². The van der Waals surface area contributed by atoms with E-state index in [0.29, 0.717) is 5.46 Å². The highest BCUT2D eigenvalue weighted by molar-refractivity contribution is 6.62. The van der Waals surface area contributed by atoms with Gasteiger partial charge in [-0.05, 0) is 39.2 Å². The molecule has 1 saturated heterocycles. The summed E-state index contributed by atoms with van der Waals surface area (Å²) in [7, 11) is 3.58. The molecule has 1 aromatic rings. The highest BCUT2D eigenvalue weighted by Crippen LogP contribution is 2.38. The van der Waals surface area contributed by atoms with Gasteiger partial charge in [0.2, 0.25) is 0 Å². The molecule has 0 amide bonds. The molecule has 0 atom stereocenters. The van der Waals surface area contributed by atoms with Crippen LogP contribution in [0.25, 0.3) is 0 Å². The van der Waals surface area contributed by atoms with E-state index in [1.54, 1.807) is 12.1 Å². The van der Waals surface area contributed by atoms with Crippen LogP contribution in [0.2, 0.25) is 0 Å². The Hall–Kier alpha value is -1.15. The van der Waals surface area contributed by atoms with Gasteiger partial charge in [0.05, 0.1) is 18.3 Å². The van der Waals surface area contributed by atoms with E-state index in [1.165, 1.54) is 21.3 Å². The highest BCUT2D eigenvalue weighted by Gasteiger charge is 2.52. The zero-order valence-electron chi connectivity index (χ0n) is 14.7. The lowest BCUT2D eigenvalue weighted by molar-refractivity contribution is -0.107.